The summed E-state index contributed by atoms with van der Waals surface area (Å²) >= 11 is 0. The van der Waals surface area contributed by atoms with Crippen molar-refractivity contribution in [2.45, 2.75) is 37.8 Å². The van der Waals surface area contributed by atoms with Gasteiger partial charge in [-0.05, 0) is 53.6 Å². The zero-order chi connectivity index (χ0) is 22.6. The standard InChI is InChI=1S/C25H32N6O2.ClH/c1-32-21-12-13-23(33-2)22(18-21)24(25-26-27-28-31(25)20-10-6-7-11-20)30-16-14-29(15-17-30)19-8-4-3-5-9-19;/h3-5,8-9,12-13,18,20,24H,6-7,10-11,14-17H2,1-2H3;1H/p-1. The maximum atomic E-state index is 5.80. The Morgan fingerprint density at radius 2 is 1.65 bits per heavy atom. The molecular weight excluding hydrogens is 452 g/mol. The molecule has 1 saturated heterocycles. The van der Waals surface area contributed by atoms with Crippen LogP contribution in [0.1, 0.15) is 49.2 Å². The molecule has 2 fully saturated rings. The molecular formula is C25H32ClN6O2-. The monoisotopic (exact) mass is 483 g/mol. The fourth-order valence-corrected chi connectivity index (χ4v) is 5.22. The Balaban J connectivity index is 0.00000274. The number of aromatic nitrogens is 4. The van der Waals surface area contributed by atoms with Crippen molar-refractivity contribution in [2.75, 3.05) is 45.3 Å². The lowest BCUT2D eigenvalue weighted by Gasteiger charge is -2.40. The Bertz CT molecular complexity index is 1050. The number of hydrogen-bond donors (Lipinski definition) is 0. The Hall–Kier alpha value is -2.84. The SMILES string of the molecule is COc1ccc(OC)c(C(c2nnnn2C2CCCC2)N2CCN(c3ccccc3)CC2)c1.[Cl-]. The maximum absolute atomic E-state index is 5.80. The average molecular weight is 484 g/mol. The van der Waals surface area contributed by atoms with Crippen molar-refractivity contribution in [3.05, 3.63) is 59.9 Å². The Morgan fingerprint density at radius 3 is 2.32 bits per heavy atom. The van der Waals surface area contributed by atoms with Gasteiger partial charge in [0.15, 0.2) is 5.82 Å². The number of benzene rings is 2. The lowest BCUT2D eigenvalue weighted by molar-refractivity contribution is -0.00000745. The number of halogens is 1. The van der Waals surface area contributed by atoms with E-state index < -0.39 is 0 Å². The molecule has 1 aliphatic heterocycles. The van der Waals surface area contributed by atoms with Gasteiger partial charge in [-0.15, -0.1) is 5.10 Å². The summed E-state index contributed by atoms with van der Waals surface area (Å²) in [6.45, 7) is 3.69. The van der Waals surface area contributed by atoms with Gasteiger partial charge in [-0.1, -0.05) is 31.0 Å². The highest BCUT2D eigenvalue weighted by atomic mass is 35.5. The largest absolute Gasteiger partial charge is 1.00 e. The molecule has 2 aromatic carbocycles. The minimum Gasteiger partial charge on any atom is -1.00 e. The van der Waals surface area contributed by atoms with Crippen LogP contribution in [0.2, 0.25) is 0 Å². The first-order chi connectivity index (χ1) is 16.3. The van der Waals surface area contributed by atoms with E-state index in [0.29, 0.717) is 6.04 Å². The van der Waals surface area contributed by atoms with E-state index >= 15 is 0 Å². The number of hydrogen-bond acceptors (Lipinski definition) is 7. The fraction of sp³-hybridized carbons (Fsp3) is 0.480. The van der Waals surface area contributed by atoms with Crippen molar-refractivity contribution in [2.24, 2.45) is 0 Å². The second kappa shape index (κ2) is 11.1. The minimum absolute atomic E-state index is 0. The first-order valence-electron chi connectivity index (χ1n) is 11.8. The quantitative estimate of drug-likeness (QED) is 0.490. The molecule has 0 amide bonds. The molecule has 3 aromatic rings. The van der Waals surface area contributed by atoms with E-state index in [4.69, 9.17) is 9.47 Å². The molecule has 1 unspecified atom stereocenters. The highest BCUT2D eigenvalue weighted by molar-refractivity contribution is 5.47. The lowest BCUT2D eigenvalue weighted by Crippen LogP contribution is -3.00. The van der Waals surface area contributed by atoms with E-state index in [0.717, 1.165) is 61.9 Å². The first kappa shape index (κ1) is 24.3. The summed E-state index contributed by atoms with van der Waals surface area (Å²) in [7, 11) is 3.41. The molecule has 1 atom stereocenters. The molecule has 182 valence electrons. The summed E-state index contributed by atoms with van der Waals surface area (Å²) < 4.78 is 13.4. The summed E-state index contributed by atoms with van der Waals surface area (Å²) in [5.41, 5.74) is 2.31. The number of anilines is 1. The smallest absolute Gasteiger partial charge is 0.173 e. The third kappa shape index (κ3) is 4.83. The van der Waals surface area contributed by atoms with Crippen LogP contribution in [-0.4, -0.2) is 65.5 Å². The van der Waals surface area contributed by atoms with Gasteiger partial charge in [0.2, 0.25) is 0 Å². The maximum Gasteiger partial charge on any atom is 0.173 e. The Labute approximate surface area is 207 Å². The normalized spacial score (nSPS) is 17.9. The van der Waals surface area contributed by atoms with Gasteiger partial charge in [-0.3, -0.25) is 4.90 Å². The Morgan fingerprint density at radius 1 is 0.912 bits per heavy atom. The molecule has 1 aromatic heterocycles. The number of para-hydroxylation sites is 1. The highest BCUT2D eigenvalue weighted by Gasteiger charge is 2.35. The molecule has 2 aliphatic rings. The van der Waals surface area contributed by atoms with Crippen LogP contribution in [0, 0.1) is 0 Å². The summed E-state index contributed by atoms with van der Waals surface area (Å²) in [6, 6.07) is 16.9. The topological polar surface area (TPSA) is 68.5 Å². The van der Waals surface area contributed by atoms with Gasteiger partial charge in [0.05, 0.1) is 20.3 Å². The van der Waals surface area contributed by atoms with Crippen molar-refractivity contribution in [3.8, 4) is 11.5 Å². The number of piperazine rings is 1. The second-order valence-corrected chi connectivity index (χ2v) is 8.79. The number of nitrogens with zero attached hydrogens (tertiary/aromatic N) is 6. The van der Waals surface area contributed by atoms with Gasteiger partial charge in [0.25, 0.3) is 0 Å². The van der Waals surface area contributed by atoms with Crippen molar-refractivity contribution >= 4 is 5.69 Å². The van der Waals surface area contributed by atoms with Crippen molar-refractivity contribution in [1.29, 1.82) is 0 Å². The number of rotatable bonds is 7. The van der Waals surface area contributed by atoms with E-state index in [-0.39, 0.29) is 18.4 Å². The van der Waals surface area contributed by atoms with Crippen LogP contribution in [0.4, 0.5) is 5.69 Å². The van der Waals surface area contributed by atoms with E-state index in [1.54, 1.807) is 14.2 Å². The van der Waals surface area contributed by atoms with Crippen LogP contribution in [0.25, 0.3) is 0 Å². The molecule has 0 spiro atoms. The predicted molar refractivity (Wildman–Crippen MR) is 127 cm³/mol. The highest BCUT2D eigenvalue weighted by Crippen LogP contribution is 2.39. The Kier molecular flexibility index (Phi) is 7.90. The van der Waals surface area contributed by atoms with Crippen molar-refractivity contribution in [3.63, 3.8) is 0 Å². The second-order valence-electron chi connectivity index (χ2n) is 8.79. The summed E-state index contributed by atoms with van der Waals surface area (Å²) in [5.74, 6) is 2.52. The molecule has 1 saturated carbocycles. The van der Waals surface area contributed by atoms with E-state index in [1.807, 2.05) is 12.1 Å². The molecule has 2 heterocycles. The molecule has 0 N–H and O–H groups in total. The summed E-state index contributed by atoms with van der Waals surface area (Å²) in [4.78, 5) is 4.92. The van der Waals surface area contributed by atoms with Crippen LogP contribution in [-0.2, 0) is 0 Å². The van der Waals surface area contributed by atoms with Crippen LogP contribution < -0.4 is 26.8 Å². The molecule has 1 aliphatic carbocycles. The molecule has 0 radical (unpaired) electrons. The van der Waals surface area contributed by atoms with Crippen molar-refractivity contribution in [1.82, 2.24) is 25.1 Å². The number of tetrazole rings is 1. The summed E-state index contributed by atoms with van der Waals surface area (Å²) in [5, 5.41) is 13.1. The molecule has 8 nitrogen and oxygen atoms in total. The predicted octanol–water partition coefficient (Wildman–Crippen LogP) is 0.721. The molecule has 0 bridgehead atoms. The van der Waals surface area contributed by atoms with Crippen LogP contribution in [0.15, 0.2) is 48.5 Å². The molecule has 9 heteroatoms. The average Bonchev–Trinajstić information content (AvgIpc) is 3.57. The van der Waals surface area contributed by atoms with E-state index in [9.17, 15) is 0 Å². The van der Waals surface area contributed by atoms with Gasteiger partial charge in [-0.25, -0.2) is 4.68 Å². The zero-order valence-electron chi connectivity index (χ0n) is 19.8. The van der Waals surface area contributed by atoms with Crippen LogP contribution in [0.3, 0.4) is 0 Å². The van der Waals surface area contributed by atoms with Crippen molar-refractivity contribution < 1.29 is 21.9 Å². The minimum atomic E-state index is -0.108. The zero-order valence-corrected chi connectivity index (χ0v) is 20.6. The van der Waals surface area contributed by atoms with Gasteiger partial charge >= 0.3 is 0 Å². The molecule has 34 heavy (non-hydrogen) atoms. The number of methoxy groups -OCH3 is 2. The van der Waals surface area contributed by atoms with E-state index in [2.05, 4.69) is 66.4 Å². The third-order valence-corrected chi connectivity index (χ3v) is 6.97. The van der Waals surface area contributed by atoms with Gasteiger partial charge in [0.1, 0.15) is 17.5 Å². The molecule has 5 rings (SSSR count). The van der Waals surface area contributed by atoms with Crippen LogP contribution >= 0.6 is 0 Å². The lowest BCUT2D eigenvalue weighted by atomic mass is 10.0. The van der Waals surface area contributed by atoms with Crippen LogP contribution in [0.5, 0.6) is 11.5 Å². The van der Waals surface area contributed by atoms with Gasteiger partial charge in [-0.2, -0.15) is 0 Å². The number of ether oxygens (including phenoxy) is 2. The van der Waals surface area contributed by atoms with Gasteiger partial charge in [0, 0.05) is 37.4 Å². The fourth-order valence-electron chi connectivity index (χ4n) is 5.22. The van der Waals surface area contributed by atoms with E-state index in [1.165, 1.54) is 18.5 Å². The third-order valence-electron chi connectivity index (χ3n) is 6.97. The first-order valence-corrected chi connectivity index (χ1v) is 11.8. The van der Waals surface area contributed by atoms with Gasteiger partial charge < -0.3 is 26.8 Å². The summed E-state index contributed by atoms with van der Waals surface area (Å²) in [6.07, 6.45) is 4.71.